The lowest BCUT2D eigenvalue weighted by Crippen LogP contribution is -2.17. The Morgan fingerprint density at radius 3 is 2.54 bits per heavy atom. The van der Waals surface area contributed by atoms with Gasteiger partial charge in [-0.1, -0.05) is 25.7 Å². The van der Waals surface area contributed by atoms with Gasteiger partial charge >= 0.3 is 0 Å². The molecule has 0 aromatic heterocycles. The fourth-order valence-corrected chi connectivity index (χ4v) is 1.19. The molecule has 3 N–H and O–H groups in total. The van der Waals surface area contributed by atoms with Gasteiger partial charge in [-0.25, -0.2) is 0 Å². The van der Waals surface area contributed by atoms with Crippen LogP contribution in [0.1, 0.15) is 13.8 Å². The van der Waals surface area contributed by atoms with Gasteiger partial charge in [0.25, 0.3) is 0 Å². The third-order valence-corrected chi connectivity index (χ3v) is 2.02. The fraction of sp³-hybridized carbons (Fsp3) is 0.455. The summed E-state index contributed by atoms with van der Waals surface area (Å²) in [4.78, 5) is 0. The molecule has 0 aliphatic heterocycles. The van der Waals surface area contributed by atoms with Crippen molar-refractivity contribution in [1.29, 1.82) is 0 Å². The Bertz CT molecular complexity index is 214. The molecule has 0 aromatic carbocycles. The van der Waals surface area contributed by atoms with Crippen LogP contribution in [0.15, 0.2) is 36.1 Å². The number of allylic oxidation sites excluding steroid dienone is 3. The molecule has 1 atom stereocenters. The molecule has 0 saturated carbocycles. The van der Waals surface area contributed by atoms with Gasteiger partial charge in [0.1, 0.15) is 0 Å². The Morgan fingerprint density at radius 2 is 2.23 bits per heavy atom. The predicted molar refractivity (Wildman–Crippen MR) is 59.3 cm³/mol. The Balaban J connectivity index is 4.92. The molecule has 0 fully saturated rings. The van der Waals surface area contributed by atoms with Gasteiger partial charge in [-0.15, -0.1) is 0 Å². The molecular formula is C11H20N2. The Hall–Kier alpha value is -1.02. The molecule has 13 heavy (non-hydrogen) atoms. The van der Waals surface area contributed by atoms with Crippen LogP contribution in [0.2, 0.25) is 0 Å². The highest BCUT2D eigenvalue weighted by Gasteiger charge is 2.06. The molecule has 0 spiro atoms. The first-order valence-corrected chi connectivity index (χ1v) is 4.58. The minimum absolute atomic E-state index is 0.344. The van der Waals surface area contributed by atoms with Gasteiger partial charge < -0.3 is 11.1 Å². The third kappa shape index (κ3) is 3.47. The minimum atomic E-state index is 0.344. The Morgan fingerprint density at radius 1 is 1.62 bits per heavy atom. The minimum Gasteiger partial charge on any atom is -0.388 e. The lowest BCUT2D eigenvalue weighted by atomic mass is 9.99. The predicted octanol–water partition coefficient (Wildman–Crippen LogP) is 1.82. The zero-order valence-corrected chi connectivity index (χ0v) is 8.80. The maximum atomic E-state index is 5.60. The van der Waals surface area contributed by atoms with E-state index in [1.807, 2.05) is 32.2 Å². The molecule has 1 unspecified atom stereocenters. The van der Waals surface area contributed by atoms with Crippen molar-refractivity contribution < 1.29 is 0 Å². The topological polar surface area (TPSA) is 38.0 Å². The normalized spacial score (nSPS) is 15.4. The average molecular weight is 180 g/mol. The summed E-state index contributed by atoms with van der Waals surface area (Å²) < 4.78 is 0. The van der Waals surface area contributed by atoms with Crippen molar-refractivity contribution in [1.82, 2.24) is 5.32 Å². The van der Waals surface area contributed by atoms with Crippen LogP contribution in [0.5, 0.6) is 0 Å². The lowest BCUT2D eigenvalue weighted by molar-refractivity contribution is 0.697. The van der Waals surface area contributed by atoms with E-state index in [1.54, 1.807) is 0 Å². The fourth-order valence-electron chi connectivity index (χ4n) is 1.19. The maximum absolute atomic E-state index is 5.60. The van der Waals surface area contributed by atoms with Crippen molar-refractivity contribution in [3.8, 4) is 0 Å². The van der Waals surface area contributed by atoms with Gasteiger partial charge in [0.05, 0.1) is 0 Å². The van der Waals surface area contributed by atoms with Crippen molar-refractivity contribution >= 4 is 0 Å². The first kappa shape index (κ1) is 12.0. The van der Waals surface area contributed by atoms with Crippen LogP contribution in [0.4, 0.5) is 0 Å². The second-order valence-electron chi connectivity index (χ2n) is 2.96. The van der Waals surface area contributed by atoms with Crippen LogP contribution in [0, 0.1) is 5.92 Å². The van der Waals surface area contributed by atoms with Crippen molar-refractivity contribution in [3.05, 3.63) is 36.1 Å². The summed E-state index contributed by atoms with van der Waals surface area (Å²) in [6.45, 7) is 8.52. The SMILES string of the molecule is C=C/C(=C(\C=C/C)NC)C(C)CN. The van der Waals surface area contributed by atoms with E-state index in [2.05, 4.69) is 18.8 Å². The standard InChI is InChI=1S/C11H20N2/c1-5-7-11(13-4)10(6-2)9(3)8-12/h5-7,9,13H,2,8,12H2,1,3-4H3/b7-5-,11-10-. The molecule has 0 saturated heterocycles. The van der Waals surface area contributed by atoms with E-state index in [-0.39, 0.29) is 0 Å². The van der Waals surface area contributed by atoms with Gasteiger partial charge in [-0.3, -0.25) is 0 Å². The maximum Gasteiger partial charge on any atom is 0.0369 e. The van der Waals surface area contributed by atoms with Gasteiger partial charge in [0.2, 0.25) is 0 Å². The number of nitrogens with two attached hydrogens (primary N) is 1. The summed E-state index contributed by atoms with van der Waals surface area (Å²) in [6.07, 6.45) is 5.89. The first-order valence-electron chi connectivity index (χ1n) is 4.58. The number of likely N-dealkylation sites (N-methyl/N-ethyl adjacent to an activating group) is 1. The molecule has 0 rings (SSSR count). The summed E-state index contributed by atoms with van der Waals surface area (Å²) in [6, 6.07) is 0. The summed E-state index contributed by atoms with van der Waals surface area (Å²) in [7, 11) is 1.90. The lowest BCUT2D eigenvalue weighted by Gasteiger charge is -2.14. The van der Waals surface area contributed by atoms with Crippen molar-refractivity contribution in [2.75, 3.05) is 13.6 Å². The van der Waals surface area contributed by atoms with E-state index < -0.39 is 0 Å². The van der Waals surface area contributed by atoms with Gasteiger partial charge in [0, 0.05) is 12.7 Å². The highest BCUT2D eigenvalue weighted by Crippen LogP contribution is 2.14. The highest BCUT2D eigenvalue weighted by atomic mass is 14.8. The van der Waals surface area contributed by atoms with E-state index in [9.17, 15) is 0 Å². The first-order chi connectivity index (χ1) is 6.21. The monoisotopic (exact) mass is 180 g/mol. The van der Waals surface area contributed by atoms with E-state index in [4.69, 9.17) is 5.73 Å². The van der Waals surface area contributed by atoms with Gasteiger partial charge in [-0.05, 0) is 31.0 Å². The molecule has 74 valence electrons. The zero-order chi connectivity index (χ0) is 10.3. The number of hydrogen-bond donors (Lipinski definition) is 2. The van der Waals surface area contributed by atoms with E-state index in [0.717, 1.165) is 5.70 Å². The quantitative estimate of drug-likeness (QED) is 0.633. The van der Waals surface area contributed by atoms with Gasteiger partial charge in [-0.2, -0.15) is 0 Å². The number of hydrogen-bond acceptors (Lipinski definition) is 2. The molecule has 2 nitrogen and oxygen atoms in total. The van der Waals surface area contributed by atoms with E-state index in [1.165, 1.54) is 5.57 Å². The molecule has 0 amide bonds. The van der Waals surface area contributed by atoms with Crippen molar-refractivity contribution in [3.63, 3.8) is 0 Å². The second kappa shape index (κ2) is 6.49. The molecule has 0 radical (unpaired) electrons. The van der Waals surface area contributed by atoms with Crippen LogP contribution in [-0.2, 0) is 0 Å². The van der Waals surface area contributed by atoms with Crippen LogP contribution in [0.25, 0.3) is 0 Å². The third-order valence-electron chi connectivity index (χ3n) is 2.02. The van der Waals surface area contributed by atoms with Crippen LogP contribution < -0.4 is 11.1 Å². The van der Waals surface area contributed by atoms with Crippen LogP contribution >= 0.6 is 0 Å². The number of nitrogens with one attached hydrogen (secondary N) is 1. The molecular weight excluding hydrogens is 160 g/mol. The largest absolute Gasteiger partial charge is 0.388 e. The van der Waals surface area contributed by atoms with E-state index in [0.29, 0.717) is 12.5 Å². The molecule has 0 bridgehead atoms. The van der Waals surface area contributed by atoms with E-state index >= 15 is 0 Å². The van der Waals surface area contributed by atoms with Gasteiger partial charge in [0.15, 0.2) is 0 Å². The summed E-state index contributed by atoms with van der Waals surface area (Å²) in [5.74, 6) is 0.344. The molecule has 0 aromatic rings. The smallest absolute Gasteiger partial charge is 0.0369 e. The molecule has 0 heterocycles. The highest BCUT2D eigenvalue weighted by molar-refractivity contribution is 5.32. The average Bonchev–Trinajstić information content (AvgIpc) is 2.17. The second-order valence-corrected chi connectivity index (χ2v) is 2.96. The number of rotatable bonds is 5. The Kier molecular flexibility index (Phi) is 5.98. The van der Waals surface area contributed by atoms with Crippen molar-refractivity contribution in [2.24, 2.45) is 11.7 Å². The Labute approximate surface area is 81.2 Å². The molecule has 0 aliphatic carbocycles. The molecule has 0 aliphatic rings. The molecule has 2 heteroatoms. The summed E-state index contributed by atoms with van der Waals surface area (Å²) in [5, 5.41) is 3.14. The summed E-state index contributed by atoms with van der Waals surface area (Å²) in [5.41, 5.74) is 7.87. The summed E-state index contributed by atoms with van der Waals surface area (Å²) >= 11 is 0. The van der Waals surface area contributed by atoms with Crippen LogP contribution in [-0.4, -0.2) is 13.6 Å². The van der Waals surface area contributed by atoms with Crippen LogP contribution in [0.3, 0.4) is 0 Å². The zero-order valence-electron chi connectivity index (χ0n) is 8.80. The van der Waals surface area contributed by atoms with Crippen molar-refractivity contribution in [2.45, 2.75) is 13.8 Å².